The van der Waals surface area contributed by atoms with Gasteiger partial charge in [-0.2, -0.15) is 0 Å². The number of ether oxygens (including phenoxy) is 2. The molecule has 0 fully saturated rings. The number of nitrogens with one attached hydrogen (secondary N) is 1. The predicted octanol–water partition coefficient (Wildman–Crippen LogP) is -0.125. The number of aryl methyl sites for hydroxylation is 1. The zero-order valence-corrected chi connectivity index (χ0v) is 22.4. The molecule has 0 aliphatic carbocycles. The van der Waals surface area contributed by atoms with Crippen molar-refractivity contribution in [3.8, 4) is 11.5 Å². The van der Waals surface area contributed by atoms with Crippen molar-refractivity contribution in [2.75, 3.05) is 13.7 Å². The molecule has 3 aromatic carbocycles. The predicted molar refractivity (Wildman–Crippen MR) is 128 cm³/mol. The maximum absolute atomic E-state index is 14.5. The summed E-state index contributed by atoms with van der Waals surface area (Å²) in [6, 6.07) is 15.8. The molecule has 0 saturated heterocycles. The number of H-pyrrole nitrogens is 1. The average molecular weight is 512 g/mol. The van der Waals surface area contributed by atoms with E-state index in [-0.39, 0.29) is 76.4 Å². The van der Waals surface area contributed by atoms with Gasteiger partial charge in [0.15, 0.2) is 23.2 Å². The number of fused-ring (bicyclic) bond motifs is 1. The summed E-state index contributed by atoms with van der Waals surface area (Å²) in [4.78, 5) is 43.0. The number of Topliss-reactive ketones (excluding diaryl/α,β-unsaturated/α-hetero) is 1. The van der Waals surface area contributed by atoms with E-state index in [2.05, 4.69) is 9.97 Å². The number of nitrogens with zero attached hydrogens (tertiary/aromatic N) is 1. The van der Waals surface area contributed by atoms with E-state index in [1.807, 2.05) is 18.2 Å². The minimum Gasteiger partial charge on any atom is -0.545 e. The van der Waals surface area contributed by atoms with Crippen LogP contribution >= 0.6 is 0 Å². The van der Waals surface area contributed by atoms with Gasteiger partial charge in [0.1, 0.15) is 11.1 Å². The number of halogens is 1. The summed E-state index contributed by atoms with van der Waals surface area (Å²) in [5.74, 6) is -2.06. The second kappa shape index (κ2) is 12.6. The standard InChI is InChI=1S/C27H23FN2O6.Na/c1-35-19-4-2-3-17(15-19)7-12-22(31)25-29-21-11-10-20(28)24(23(21)26(32)30-25)36-14-13-16-5-8-18(9-6-16)27(33)34;/h2-6,8-11,15H,7,12-14H2,1H3,(H,33,34)(H,29,30,32);/q;+1/p-1. The molecule has 0 amide bonds. The summed E-state index contributed by atoms with van der Waals surface area (Å²) >= 11 is 0. The molecule has 0 atom stereocenters. The Morgan fingerprint density at radius 3 is 2.49 bits per heavy atom. The second-order valence-corrected chi connectivity index (χ2v) is 8.04. The molecule has 0 saturated carbocycles. The van der Waals surface area contributed by atoms with Gasteiger partial charge in [0, 0.05) is 12.8 Å². The van der Waals surface area contributed by atoms with E-state index in [9.17, 15) is 23.9 Å². The monoisotopic (exact) mass is 512 g/mol. The number of benzene rings is 3. The summed E-state index contributed by atoms with van der Waals surface area (Å²) in [5, 5.41) is 10.8. The van der Waals surface area contributed by atoms with Gasteiger partial charge in [-0.25, -0.2) is 9.37 Å². The van der Waals surface area contributed by atoms with E-state index in [4.69, 9.17) is 9.47 Å². The largest absolute Gasteiger partial charge is 1.00 e. The van der Waals surface area contributed by atoms with Gasteiger partial charge < -0.3 is 24.4 Å². The number of hydrogen-bond acceptors (Lipinski definition) is 7. The first kappa shape index (κ1) is 28.0. The number of aromatic amines is 1. The molecule has 0 aliphatic rings. The van der Waals surface area contributed by atoms with Crippen LogP contribution < -0.4 is 49.7 Å². The Labute approximate surface area is 233 Å². The number of rotatable bonds is 10. The third-order valence-corrected chi connectivity index (χ3v) is 5.64. The van der Waals surface area contributed by atoms with Crippen molar-refractivity contribution in [3.63, 3.8) is 0 Å². The molecule has 1 aromatic heterocycles. The van der Waals surface area contributed by atoms with E-state index >= 15 is 0 Å². The topological polar surface area (TPSA) is 121 Å². The number of carboxylic acids is 1. The molecule has 0 spiro atoms. The van der Waals surface area contributed by atoms with Crippen molar-refractivity contribution >= 4 is 22.7 Å². The molecule has 1 N–H and O–H groups in total. The molecule has 4 aromatic rings. The number of hydrogen-bond donors (Lipinski definition) is 1. The average Bonchev–Trinajstić information content (AvgIpc) is 2.88. The zero-order chi connectivity index (χ0) is 25.7. The van der Waals surface area contributed by atoms with Gasteiger partial charge in [0.2, 0.25) is 0 Å². The van der Waals surface area contributed by atoms with Crippen LogP contribution in [0.3, 0.4) is 0 Å². The van der Waals surface area contributed by atoms with Crippen LogP contribution in [0, 0.1) is 5.82 Å². The summed E-state index contributed by atoms with van der Waals surface area (Å²) < 4.78 is 25.3. The maximum atomic E-state index is 14.5. The van der Waals surface area contributed by atoms with Crippen LogP contribution in [0.25, 0.3) is 10.9 Å². The quantitative estimate of drug-likeness (QED) is 0.232. The van der Waals surface area contributed by atoms with E-state index in [0.717, 1.165) is 17.2 Å². The number of carboxylic acid groups (broad SMARTS) is 1. The molecule has 0 unspecified atom stereocenters. The van der Waals surface area contributed by atoms with Gasteiger partial charge in [0.25, 0.3) is 5.56 Å². The maximum Gasteiger partial charge on any atom is 1.00 e. The molecule has 4 rings (SSSR count). The summed E-state index contributed by atoms with van der Waals surface area (Å²) in [6.45, 7) is 0.0291. The van der Waals surface area contributed by atoms with E-state index < -0.39 is 17.3 Å². The van der Waals surface area contributed by atoms with Crippen LogP contribution in [0.4, 0.5) is 4.39 Å². The fraction of sp³-hybridized carbons (Fsp3) is 0.185. The number of aromatic nitrogens is 2. The van der Waals surface area contributed by atoms with Gasteiger partial charge >= 0.3 is 29.6 Å². The van der Waals surface area contributed by atoms with Crippen molar-refractivity contribution < 1.29 is 58.1 Å². The van der Waals surface area contributed by atoms with E-state index in [0.29, 0.717) is 18.6 Å². The normalized spacial score (nSPS) is 10.5. The van der Waals surface area contributed by atoms with Crippen molar-refractivity contribution in [1.82, 2.24) is 9.97 Å². The number of ketones is 1. The van der Waals surface area contributed by atoms with Gasteiger partial charge in [-0.15, -0.1) is 0 Å². The van der Waals surface area contributed by atoms with Gasteiger partial charge in [-0.3, -0.25) is 9.59 Å². The minimum absolute atomic E-state index is 0. The molecule has 184 valence electrons. The molecule has 0 radical (unpaired) electrons. The van der Waals surface area contributed by atoms with Gasteiger partial charge in [-0.05, 0) is 47.4 Å². The van der Waals surface area contributed by atoms with Crippen molar-refractivity contribution in [2.24, 2.45) is 0 Å². The SMILES string of the molecule is COc1cccc(CCC(=O)c2nc3ccc(F)c(OCCc4ccc(C(=O)[O-])cc4)c3c(=O)[nH]2)c1.[Na+]. The number of aromatic carboxylic acids is 1. The fourth-order valence-corrected chi connectivity index (χ4v) is 3.73. The Morgan fingerprint density at radius 1 is 1.03 bits per heavy atom. The molecular weight excluding hydrogens is 490 g/mol. The Balaban J connectivity index is 0.00000380. The zero-order valence-electron chi connectivity index (χ0n) is 20.4. The molecule has 0 aliphatic heterocycles. The van der Waals surface area contributed by atoms with Crippen LogP contribution in [0.1, 0.15) is 38.5 Å². The van der Waals surface area contributed by atoms with Crippen LogP contribution in [-0.4, -0.2) is 35.4 Å². The number of carbonyl (C=O) groups excluding carboxylic acids is 2. The molecule has 37 heavy (non-hydrogen) atoms. The first-order valence-corrected chi connectivity index (χ1v) is 11.2. The van der Waals surface area contributed by atoms with E-state index in [1.54, 1.807) is 25.3 Å². The Kier molecular flexibility index (Phi) is 9.57. The Bertz CT molecular complexity index is 1490. The van der Waals surface area contributed by atoms with Gasteiger partial charge in [0.05, 0.1) is 25.2 Å². The van der Waals surface area contributed by atoms with Gasteiger partial charge in [-0.1, -0.05) is 36.4 Å². The molecule has 10 heteroatoms. The molecule has 8 nitrogen and oxygen atoms in total. The molecular formula is C27H22FN2NaO6. The first-order valence-electron chi connectivity index (χ1n) is 11.2. The third kappa shape index (κ3) is 6.82. The number of carbonyl (C=O) groups is 2. The fourth-order valence-electron chi connectivity index (χ4n) is 3.73. The van der Waals surface area contributed by atoms with Crippen molar-refractivity contribution in [1.29, 1.82) is 0 Å². The van der Waals surface area contributed by atoms with E-state index in [1.165, 1.54) is 18.2 Å². The van der Waals surface area contributed by atoms with Crippen LogP contribution in [0.5, 0.6) is 11.5 Å². The molecule has 1 heterocycles. The van der Waals surface area contributed by atoms with Crippen molar-refractivity contribution in [2.45, 2.75) is 19.3 Å². The second-order valence-electron chi connectivity index (χ2n) is 8.04. The smallest absolute Gasteiger partial charge is 0.545 e. The number of methoxy groups -OCH3 is 1. The minimum atomic E-state index is -1.28. The Hall–Kier alpha value is -3.53. The Morgan fingerprint density at radius 2 is 1.78 bits per heavy atom. The van der Waals surface area contributed by atoms with Crippen molar-refractivity contribution in [3.05, 3.63) is 99.3 Å². The van der Waals surface area contributed by atoms with Crippen LogP contribution in [-0.2, 0) is 12.8 Å². The molecule has 0 bridgehead atoms. The summed E-state index contributed by atoms with van der Waals surface area (Å²) in [5.41, 5.74) is 1.16. The summed E-state index contributed by atoms with van der Waals surface area (Å²) in [6.07, 6.45) is 0.887. The first-order chi connectivity index (χ1) is 17.4. The van der Waals surface area contributed by atoms with Crippen LogP contribution in [0.2, 0.25) is 0 Å². The third-order valence-electron chi connectivity index (χ3n) is 5.64. The summed E-state index contributed by atoms with van der Waals surface area (Å²) in [7, 11) is 1.56. The van der Waals surface area contributed by atoms with Crippen LogP contribution in [0.15, 0.2) is 65.5 Å².